The van der Waals surface area contributed by atoms with Gasteiger partial charge in [-0.15, -0.1) is 0 Å². The normalized spacial score (nSPS) is 15.0. The van der Waals surface area contributed by atoms with Gasteiger partial charge in [0.05, 0.1) is 21.3 Å². The van der Waals surface area contributed by atoms with Crippen molar-refractivity contribution in [2.45, 2.75) is 19.4 Å². The van der Waals surface area contributed by atoms with E-state index in [1.54, 1.807) is 21.3 Å². The summed E-state index contributed by atoms with van der Waals surface area (Å²) < 4.78 is 16.2. The number of rotatable bonds is 9. The van der Waals surface area contributed by atoms with E-state index in [-0.39, 0.29) is 5.91 Å². The number of benzene rings is 1. The van der Waals surface area contributed by atoms with Crippen LogP contribution in [-0.2, 0) is 11.3 Å². The number of methoxy groups -OCH3 is 3. The molecule has 1 aromatic carbocycles. The zero-order chi connectivity index (χ0) is 18.9. The molecule has 26 heavy (non-hydrogen) atoms. The second kappa shape index (κ2) is 10.2. The van der Waals surface area contributed by atoms with Crippen LogP contribution in [0.5, 0.6) is 17.2 Å². The van der Waals surface area contributed by atoms with E-state index in [9.17, 15) is 4.79 Å². The molecular formula is C19H31N3O4. The molecule has 1 heterocycles. The van der Waals surface area contributed by atoms with Crippen molar-refractivity contribution in [2.75, 3.05) is 61.1 Å². The fraction of sp³-hybridized carbons (Fsp3) is 0.632. The lowest BCUT2D eigenvalue weighted by Crippen LogP contribution is -2.48. The zero-order valence-corrected chi connectivity index (χ0v) is 16.3. The topological polar surface area (TPSA) is 63.3 Å². The first-order valence-corrected chi connectivity index (χ1v) is 9.06. The van der Waals surface area contributed by atoms with Crippen LogP contribution in [0.3, 0.4) is 0 Å². The lowest BCUT2D eigenvalue weighted by molar-refractivity contribution is -0.133. The maximum Gasteiger partial charge on any atom is 0.222 e. The predicted molar refractivity (Wildman–Crippen MR) is 101 cm³/mol. The fourth-order valence-corrected chi connectivity index (χ4v) is 3.21. The highest BCUT2D eigenvalue weighted by atomic mass is 16.5. The van der Waals surface area contributed by atoms with Crippen molar-refractivity contribution in [1.82, 2.24) is 15.1 Å². The van der Waals surface area contributed by atoms with Gasteiger partial charge in [0.2, 0.25) is 11.7 Å². The van der Waals surface area contributed by atoms with Gasteiger partial charge in [0.25, 0.3) is 0 Å². The molecule has 1 aromatic rings. The van der Waals surface area contributed by atoms with Gasteiger partial charge in [-0.1, -0.05) is 0 Å². The van der Waals surface area contributed by atoms with Crippen molar-refractivity contribution < 1.29 is 19.0 Å². The SMILES string of the molecule is CNCCCC(=O)N1CCN(Cc2cc(OC)c(OC)c(OC)c2)CC1. The molecule has 1 amide bonds. The zero-order valence-electron chi connectivity index (χ0n) is 16.3. The molecular weight excluding hydrogens is 334 g/mol. The van der Waals surface area contributed by atoms with Crippen LogP contribution in [0.2, 0.25) is 0 Å². The highest BCUT2D eigenvalue weighted by molar-refractivity contribution is 5.76. The van der Waals surface area contributed by atoms with Gasteiger partial charge in [-0.25, -0.2) is 0 Å². The van der Waals surface area contributed by atoms with E-state index >= 15 is 0 Å². The number of piperazine rings is 1. The number of nitrogens with zero attached hydrogens (tertiary/aromatic N) is 2. The average molecular weight is 365 g/mol. The molecule has 1 fully saturated rings. The molecule has 1 saturated heterocycles. The number of hydrogen-bond donors (Lipinski definition) is 1. The maximum atomic E-state index is 12.2. The minimum absolute atomic E-state index is 0.257. The Morgan fingerprint density at radius 1 is 1.04 bits per heavy atom. The molecule has 1 aliphatic heterocycles. The molecule has 0 aromatic heterocycles. The Balaban J connectivity index is 1.92. The van der Waals surface area contributed by atoms with E-state index in [4.69, 9.17) is 14.2 Å². The molecule has 0 radical (unpaired) electrons. The van der Waals surface area contributed by atoms with E-state index in [0.717, 1.165) is 51.3 Å². The monoisotopic (exact) mass is 365 g/mol. The van der Waals surface area contributed by atoms with Crippen LogP contribution in [0.25, 0.3) is 0 Å². The molecule has 0 aliphatic carbocycles. The molecule has 1 aliphatic rings. The smallest absolute Gasteiger partial charge is 0.222 e. The Hall–Kier alpha value is -1.99. The van der Waals surface area contributed by atoms with Crippen LogP contribution >= 0.6 is 0 Å². The average Bonchev–Trinajstić information content (AvgIpc) is 2.67. The fourth-order valence-electron chi connectivity index (χ4n) is 3.21. The van der Waals surface area contributed by atoms with Crippen LogP contribution in [0, 0.1) is 0 Å². The summed E-state index contributed by atoms with van der Waals surface area (Å²) in [5, 5.41) is 3.08. The van der Waals surface area contributed by atoms with E-state index < -0.39 is 0 Å². The van der Waals surface area contributed by atoms with E-state index in [0.29, 0.717) is 23.7 Å². The molecule has 146 valence electrons. The maximum absolute atomic E-state index is 12.2. The van der Waals surface area contributed by atoms with Crippen molar-refractivity contribution in [1.29, 1.82) is 0 Å². The highest BCUT2D eigenvalue weighted by Crippen LogP contribution is 2.38. The van der Waals surface area contributed by atoms with Gasteiger partial charge in [0.15, 0.2) is 11.5 Å². The van der Waals surface area contributed by atoms with Gasteiger partial charge in [0, 0.05) is 39.1 Å². The number of nitrogens with one attached hydrogen (secondary N) is 1. The first kappa shape index (κ1) is 20.3. The van der Waals surface area contributed by atoms with Crippen molar-refractivity contribution in [3.63, 3.8) is 0 Å². The molecule has 1 N–H and O–H groups in total. The van der Waals surface area contributed by atoms with Gasteiger partial charge >= 0.3 is 0 Å². The van der Waals surface area contributed by atoms with Gasteiger partial charge in [-0.05, 0) is 37.7 Å². The highest BCUT2D eigenvalue weighted by Gasteiger charge is 2.21. The molecule has 0 saturated carbocycles. The van der Waals surface area contributed by atoms with Crippen molar-refractivity contribution in [2.24, 2.45) is 0 Å². The largest absolute Gasteiger partial charge is 0.493 e. The number of carbonyl (C=O) groups is 1. The van der Waals surface area contributed by atoms with Crippen molar-refractivity contribution >= 4 is 5.91 Å². The van der Waals surface area contributed by atoms with Crippen LogP contribution in [0.15, 0.2) is 12.1 Å². The number of hydrogen-bond acceptors (Lipinski definition) is 6. The third-order valence-electron chi connectivity index (χ3n) is 4.67. The quantitative estimate of drug-likeness (QED) is 0.667. The molecule has 7 heteroatoms. The Bertz CT molecular complexity index is 561. The standard InChI is InChI=1S/C19H31N3O4/c1-20-7-5-6-18(23)22-10-8-21(9-11-22)14-15-12-16(24-2)19(26-4)17(13-15)25-3/h12-13,20H,5-11,14H2,1-4H3. The van der Waals surface area contributed by atoms with Gasteiger partial charge in [-0.2, -0.15) is 0 Å². The summed E-state index contributed by atoms with van der Waals surface area (Å²) >= 11 is 0. The summed E-state index contributed by atoms with van der Waals surface area (Å²) in [6, 6.07) is 3.97. The Labute approximate surface area is 156 Å². The van der Waals surface area contributed by atoms with Crippen LogP contribution in [0.4, 0.5) is 0 Å². The third kappa shape index (κ3) is 5.25. The summed E-state index contributed by atoms with van der Waals surface area (Å²) in [6.45, 7) is 4.97. The number of amides is 1. The van der Waals surface area contributed by atoms with Gasteiger partial charge in [0.1, 0.15) is 0 Å². The second-order valence-electron chi connectivity index (χ2n) is 6.40. The number of ether oxygens (including phenoxy) is 3. The Morgan fingerprint density at radius 3 is 2.15 bits per heavy atom. The minimum atomic E-state index is 0.257. The summed E-state index contributed by atoms with van der Waals surface area (Å²) in [6.07, 6.45) is 1.51. The Kier molecular flexibility index (Phi) is 8.00. The second-order valence-corrected chi connectivity index (χ2v) is 6.40. The minimum Gasteiger partial charge on any atom is -0.493 e. The first-order valence-electron chi connectivity index (χ1n) is 9.06. The molecule has 7 nitrogen and oxygen atoms in total. The van der Waals surface area contributed by atoms with Crippen molar-refractivity contribution in [3.8, 4) is 17.2 Å². The van der Waals surface area contributed by atoms with E-state index in [2.05, 4.69) is 10.2 Å². The third-order valence-corrected chi connectivity index (χ3v) is 4.67. The lowest BCUT2D eigenvalue weighted by atomic mass is 10.1. The van der Waals surface area contributed by atoms with Crippen LogP contribution < -0.4 is 19.5 Å². The summed E-state index contributed by atoms with van der Waals surface area (Å²) in [5.41, 5.74) is 1.10. The molecule has 0 spiro atoms. The first-order chi connectivity index (χ1) is 12.6. The van der Waals surface area contributed by atoms with Crippen molar-refractivity contribution in [3.05, 3.63) is 17.7 Å². The van der Waals surface area contributed by atoms with Crippen LogP contribution in [-0.4, -0.2) is 76.8 Å². The molecule has 0 atom stereocenters. The molecule has 0 bridgehead atoms. The summed E-state index contributed by atoms with van der Waals surface area (Å²) in [5.74, 6) is 2.20. The molecule has 2 rings (SSSR count). The lowest BCUT2D eigenvalue weighted by Gasteiger charge is -2.35. The summed E-state index contributed by atoms with van der Waals surface area (Å²) in [4.78, 5) is 16.5. The van der Waals surface area contributed by atoms with Crippen LogP contribution in [0.1, 0.15) is 18.4 Å². The van der Waals surface area contributed by atoms with Gasteiger partial charge in [-0.3, -0.25) is 9.69 Å². The molecule has 0 unspecified atom stereocenters. The van der Waals surface area contributed by atoms with E-state index in [1.807, 2.05) is 24.1 Å². The van der Waals surface area contributed by atoms with E-state index in [1.165, 1.54) is 0 Å². The Morgan fingerprint density at radius 2 is 1.65 bits per heavy atom. The summed E-state index contributed by atoms with van der Waals surface area (Å²) in [7, 11) is 6.76. The predicted octanol–water partition coefficient (Wildman–Crippen LogP) is 1.36. The number of carbonyl (C=O) groups excluding carboxylic acids is 1. The van der Waals surface area contributed by atoms with Gasteiger partial charge < -0.3 is 24.4 Å².